The van der Waals surface area contributed by atoms with Gasteiger partial charge >= 0.3 is 0 Å². The zero-order valence-electron chi connectivity index (χ0n) is 13.9. The lowest BCUT2D eigenvalue weighted by Gasteiger charge is -2.27. The molecule has 0 aliphatic heterocycles. The number of carbonyl (C=O) groups excluding carboxylic acids is 1. The van der Waals surface area contributed by atoms with Crippen molar-refractivity contribution in [1.82, 2.24) is 20.1 Å². The summed E-state index contributed by atoms with van der Waals surface area (Å²) in [5, 5.41) is 11.2. The van der Waals surface area contributed by atoms with E-state index in [1.54, 1.807) is 12.1 Å². The minimum absolute atomic E-state index is 0.111. The van der Waals surface area contributed by atoms with E-state index in [0.717, 1.165) is 25.8 Å². The lowest BCUT2D eigenvalue weighted by Crippen LogP contribution is -2.41. The van der Waals surface area contributed by atoms with E-state index in [4.69, 9.17) is 11.6 Å². The number of carbonyl (C=O) groups is 1. The summed E-state index contributed by atoms with van der Waals surface area (Å²) in [5.74, 6) is 0.390. The second-order valence-corrected chi connectivity index (χ2v) is 6.48. The molecule has 0 bridgehead atoms. The van der Waals surface area contributed by atoms with Gasteiger partial charge in [-0.2, -0.15) is 5.10 Å². The number of nitrogens with one attached hydrogen (secondary N) is 2. The van der Waals surface area contributed by atoms with Crippen LogP contribution in [-0.2, 0) is 17.8 Å². The van der Waals surface area contributed by atoms with E-state index >= 15 is 0 Å². The summed E-state index contributed by atoms with van der Waals surface area (Å²) >= 11 is 5.81. The van der Waals surface area contributed by atoms with E-state index in [0.29, 0.717) is 10.8 Å². The molecule has 0 radical (unpaired) electrons. The summed E-state index contributed by atoms with van der Waals surface area (Å²) in [6, 6.07) is 3.22. The van der Waals surface area contributed by atoms with Crippen molar-refractivity contribution in [1.29, 1.82) is 0 Å². The summed E-state index contributed by atoms with van der Waals surface area (Å²) in [7, 11) is 0. The first-order chi connectivity index (χ1) is 11.6. The number of anilines is 1. The third-order valence-corrected chi connectivity index (χ3v) is 4.61. The van der Waals surface area contributed by atoms with E-state index in [1.807, 2.05) is 17.8 Å². The SMILES string of the molecule is CCn1ncc2c1CCC[C@H]2N[C@@H](C)C(=O)Nc1ccc(Cl)cn1. The van der Waals surface area contributed by atoms with Gasteiger partial charge in [0.15, 0.2) is 0 Å². The van der Waals surface area contributed by atoms with Gasteiger partial charge in [-0.05, 0) is 45.2 Å². The Kier molecular flexibility index (Phi) is 5.16. The fraction of sp³-hybridized carbons (Fsp3) is 0.471. The number of rotatable bonds is 5. The standard InChI is InChI=1S/C17H22ClN5O/c1-3-23-15-6-4-5-14(13(15)10-20-23)21-11(2)17(24)22-16-8-7-12(18)9-19-16/h7-11,14,21H,3-6H2,1-2H3,(H,19,22,24)/t11-,14+/m0/s1. The van der Waals surface area contributed by atoms with Gasteiger partial charge < -0.3 is 5.32 Å². The summed E-state index contributed by atoms with van der Waals surface area (Å²) in [6.07, 6.45) is 6.61. The molecular weight excluding hydrogens is 326 g/mol. The molecule has 0 unspecified atom stereocenters. The number of nitrogens with zero attached hydrogens (tertiary/aromatic N) is 3. The molecule has 2 aromatic heterocycles. The number of aromatic nitrogens is 3. The molecule has 3 rings (SSSR count). The maximum atomic E-state index is 12.4. The molecule has 2 heterocycles. The Hall–Kier alpha value is -1.92. The predicted octanol–water partition coefficient (Wildman–Crippen LogP) is 2.95. The summed E-state index contributed by atoms with van der Waals surface area (Å²) in [5.41, 5.74) is 2.50. The van der Waals surface area contributed by atoms with Gasteiger partial charge in [-0.15, -0.1) is 0 Å². The largest absolute Gasteiger partial charge is 0.309 e. The first-order valence-corrected chi connectivity index (χ1v) is 8.69. The highest BCUT2D eigenvalue weighted by molar-refractivity contribution is 6.30. The molecule has 7 heteroatoms. The number of pyridine rings is 1. The Morgan fingerprint density at radius 1 is 1.46 bits per heavy atom. The lowest BCUT2D eigenvalue weighted by atomic mass is 9.92. The van der Waals surface area contributed by atoms with E-state index in [-0.39, 0.29) is 18.0 Å². The molecule has 0 fully saturated rings. The fourth-order valence-corrected chi connectivity index (χ4v) is 3.24. The highest BCUT2D eigenvalue weighted by atomic mass is 35.5. The molecule has 2 aromatic rings. The molecule has 0 aromatic carbocycles. The molecule has 1 aliphatic rings. The Labute approximate surface area is 146 Å². The van der Waals surface area contributed by atoms with Gasteiger partial charge in [0.1, 0.15) is 5.82 Å². The van der Waals surface area contributed by atoms with Gasteiger partial charge in [-0.3, -0.25) is 14.8 Å². The van der Waals surface area contributed by atoms with Crippen molar-refractivity contribution in [2.45, 2.75) is 51.7 Å². The zero-order chi connectivity index (χ0) is 17.1. The van der Waals surface area contributed by atoms with Crippen molar-refractivity contribution < 1.29 is 4.79 Å². The second kappa shape index (κ2) is 7.32. The number of amides is 1. The summed E-state index contributed by atoms with van der Waals surface area (Å²) in [4.78, 5) is 16.5. The third kappa shape index (κ3) is 3.60. The number of hydrogen-bond acceptors (Lipinski definition) is 4. The van der Waals surface area contributed by atoms with Crippen LogP contribution in [0, 0.1) is 0 Å². The van der Waals surface area contributed by atoms with Crippen LogP contribution in [0.2, 0.25) is 5.02 Å². The molecule has 0 saturated carbocycles. The van der Waals surface area contributed by atoms with Crippen molar-refractivity contribution in [3.63, 3.8) is 0 Å². The predicted molar refractivity (Wildman–Crippen MR) is 94.1 cm³/mol. The molecule has 2 atom stereocenters. The second-order valence-electron chi connectivity index (χ2n) is 6.05. The Morgan fingerprint density at radius 3 is 3.00 bits per heavy atom. The molecule has 0 spiro atoms. The highest BCUT2D eigenvalue weighted by Crippen LogP contribution is 2.30. The number of fused-ring (bicyclic) bond motifs is 1. The molecule has 24 heavy (non-hydrogen) atoms. The highest BCUT2D eigenvalue weighted by Gasteiger charge is 2.26. The van der Waals surface area contributed by atoms with Crippen LogP contribution in [-0.4, -0.2) is 26.7 Å². The topological polar surface area (TPSA) is 71.8 Å². The monoisotopic (exact) mass is 347 g/mol. The van der Waals surface area contributed by atoms with Gasteiger partial charge in [-0.25, -0.2) is 4.98 Å². The molecular formula is C17H22ClN5O. The van der Waals surface area contributed by atoms with Crippen molar-refractivity contribution in [3.8, 4) is 0 Å². The van der Waals surface area contributed by atoms with Crippen molar-refractivity contribution >= 4 is 23.3 Å². The molecule has 1 aliphatic carbocycles. The van der Waals surface area contributed by atoms with Crippen molar-refractivity contribution in [3.05, 3.63) is 40.8 Å². The van der Waals surface area contributed by atoms with E-state index in [9.17, 15) is 4.79 Å². The van der Waals surface area contributed by atoms with Crippen molar-refractivity contribution in [2.24, 2.45) is 0 Å². The third-order valence-electron chi connectivity index (χ3n) is 4.39. The zero-order valence-corrected chi connectivity index (χ0v) is 14.7. The molecule has 2 N–H and O–H groups in total. The quantitative estimate of drug-likeness (QED) is 0.872. The molecule has 1 amide bonds. The lowest BCUT2D eigenvalue weighted by molar-refractivity contribution is -0.118. The maximum Gasteiger partial charge on any atom is 0.242 e. The number of aryl methyl sites for hydroxylation is 1. The van der Waals surface area contributed by atoms with Crippen LogP contribution in [0.1, 0.15) is 44.0 Å². The van der Waals surface area contributed by atoms with E-state index < -0.39 is 0 Å². The number of hydrogen-bond donors (Lipinski definition) is 2. The van der Waals surface area contributed by atoms with Gasteiger partial charge in [-0.1, -0.05) is 11.6 Å². The molecule has 0 saturated heterocycles. The summed E-state index contributed by atoms with van der Waals surface area (Å²) < 4.78 is 2.05. The van der Waals surface area contributed by atoms with Gasteiger partial charge in [0.25, 0.3) is 0 Å². The van der Waals surface area contributed by atoms with Crippen LogP contribution < -0.4 is 10.6 Å². The first kappa shape index (κ1) is 16.9. The van der Waals surface area contributed by atoms with Gasteiger partial charge in [0.05, 0.1) is 17.3 Å². The van der Waals surface area contributed by atoms with Crippen LogP contribution in [0.4, 0.5) is 5.82 Å². The van der Waals surface area contributed by atoms with Crippen LogP contribution in [0.5, 0.6) is 0 Å². The van der Waals surface area contributed by atoms with Crippen LogP contribution in [0.15, 0.2) is 24.5 Å². The average molecular weight is 348 g/mol. The van der Waals surface area contributed by atoms with Crippen LogP contribution in [0.25, 0.3) is 0 Å². The average Bonchev–Trinajstić information content (AvgIpc) is 3.01. The maximum absolute atomic E-state index is 12.4. The van der Waals surface area contributed by atoms with Gasteiger partial charge in [0.2, 0.25) is 5.91 Å². The molecule has 128 valence electrons. The fourth-order valence-electron chi connectivity index (χ4n) is 3.13. The molecule has 6 nitrogen and oxygen atoms in total. The smallest absolute Gasteiger partial charge is 0.242 e. The van der Waals surface area contributed by atoms with E-state index in [2.05, 4.69) is 27.6 Å². The Bertz CT molecular complexity index is 712. The van der Waals surface area contributed by atoms with E-state index in [1.165, 1.54) is 17.5 Å². The van der Waals surface area contributed by atoms with Crippen molar-refractivity contribution in [2.75, 3.05) is 5.32 Å². The van der Waals surface area contributed by atoms with Crippen LogP contribution >= 0.6 is 11.6 Å². The normalized spacial score (nSPS) is 18.0. The number of halogens is 1. The minimum atomic E-state index is -0.330. The van der Waals surface area contributed by atoms with Crippen LogP contribution in [0.3, 0.4) is 0 Å². The Morgan fingerprint density at radius 2 is 2.29 bits per heavy atom. The van der Waals surface area contributed by atoms with Gasteiger partial charge in [0, 0.05) is 30.0 Å². The minimum Gasteiger partial charge on any atom is -0.309 e. The first-order valence-electron chi connectivity index (χ1n) is 8.31. The summed E-state index contributed by atoms with van der Waals surface area (Å²) in [6.45, 7) is 4.84. The Balaban J connectivity index is 1.64.